The molecule has 0 aromatic heterocycles. The second-order valence-electron chi connectivity index (χ2n) is 4.95. The molecule has 4 nitrogen and oxygen atoms in total. The molecule has 2 aromatic rings. The molecular weight excluding hydrogens is 288 g/mol. The summed E-state index contributed by atoms with van der Waals surface area (Å²) in [6.07, 6.45) is 1.07. The van der Waals surface area contributed by atoms with E-state index in [0.717, 1.165) is 11.3 Å². The molecule has 3 N–H and O–H groups in total. The van der Waals surface area contributed by atoms with Crippen molar-refractivity contribution in [1.82, 2.24) is 0 Å². The van der Waals surface area contributed by atoms with Crippen LogP contribution < -0.4 is 11.1 Å². The number of benzene rings is 2. The van der Waals surface area contributed by atoms with Gasteiger partial charge in [-0.25, -0.2) is 0 Å². The summed E-state index contributed by atoms with van der Waals surface area (Å²) in [5, 5.41) is 3.16. The van der Waals surface area contributed by atoms with Crippen molar-refractivity contribution < 1.29 is 9.59 Å². The average Bonchev–Trinajstić information content (AvgIpc) is 2.49. The molecule has 0 spiro atoms. The van der Waals surface area contributed by atoms with E-state index in [9.17, 15) is 9.59 Å². The quantitative estimate of drug-likeness (QED) is 0.661. The first kappa shape index (κ1) is 13.6. The van der Waals surface area contributed by atoms with Crippen molar-refractivity contribution in [3.05, 3.63) is 58.1 Å². The van der Waals surface area contributed by atoms with Crippen LogP contribution in [0.4, 0.5) is 11.4 Å². The van der Waals surface area contributed by atoms with E-state index in [-0.39, 0.29) is 17.4 Å². The van der Waals surface area contributed by atoms with Gasteiger partial charge in [-0.15, -0.1) is 0 Å². The minimum atomic E-state index is -0.172. The van der Waals surface area contributed by atoms with Crippen LogP contribution in [0.15, 0.2) is 36.4 Å². The molecule has 0 radical (unpaired) electrons. The van der Waals surface area contributed by atoms with Crippen molar-refractivity contribution in [3.63, 3.8) is 0 Å². The topological polar surface area (TPSA) is 72.2 Å². The van der Waals surface area contributed by atoms with E-state index in [0.29, 0.717) is 29.0 Å². The van der Waals surface area contributed by atoms with Gasteiger partial charge in [-0.2, -0.15) is 0 Å². The molecular formula is C16H13ClN2O2. The SMILES string of the molecule is Nc1c(Cl)cccc1C(=O)c1ccc2c(c1)CCC(=O)N2. The Morgan fingerprint density at radius 1 is 1.19 bits per heavy atom. The Hall–Kier alpha value is -2.33. The van der Waals surface area contributed by atoms with Crippen LogP contribution in [0.2, 0.25) is 5.02 Å². The Balaban J connectivity index is 1.99. The fourth-order valence-corrected chi connectivity index (χ4v) is 2.59. The Labute approximate surface area is 126 Å². The molecule has 0 saturated carbocycles. The lowest BCUT2D eigenvalue weighted by Gasteiger charge is -2.17. The Bertz CT molecular complexity index is 756. The Morgan fingerprint density at radius 2 is 2.00 bits per heavy atom. The van der Waals surface area contributed by atoms with Crippen molar-refractivity contribution in [2.75, 3.05) is 11.1 Å². The van der Waals surface area contributed by atoms with Crippen LogP contribution in [-0.2, 0) is 11.2 Å². The van der Waals surface area contributed by atoms with E-state index in [1.807, 2.05) is 0 Å². The van der Waals surface area contributed by atoms with Crippen molar-refractivity contribution in [3.8, 4) is 0 Å². The van der Waals surface area contributed by atoms with Crippen molar-refractivity contribution in [2.45, 2.75) is 12.8 Å². The normalized spacial score (nSPS) is 13.5. The highest BCUT2D eigenvalue weighted by atomic mass is 35.5. The molecule has 3 rings (SSSR count). The van der Waals surface area contributed by atoms with Gasteiger partial charge in [0.2, 0.25) is 5.91 Å². The van der Waals surface area contributed by atoms with Gasteiger partial charge in [-0.1, -0.05) is 17.7 Å². The minimum absolute atomic E-state index is 0.000613. The number of ketones is 1. The summed E-state index contributed by atoms with van der Waals surface area (Å²) in [5.74, 6) is -0.171. The number of nitrogens with one attached hydrogen (secondary N) is 1. The molecule has 5 heteroatoms. The second kappa shape index (κ2) is 5.22. The number of nitrogen functional groups attached to an aromatic ring is 1. The molecule has 0 bridgehead atoms. The van der Waals surface area contributed by atoms with Crippen LogP contribution in [0.1, 0.15) is 27.9 Å². The molecule has 0 aliphatic carbocycles. The van der Waals surface area contributed by atoms with Crippen molar-refractivity contribution in [2.24, 2.45) is 0 Å². The smallest absolute Gasteiger partial charge is 0.224 e. The number of carbonyl (C=O) groups is 2. The maximum atomic E-state index is 12.5. The van der Waals surface area contributed by atoms with Gasteiger partial charge in [0.05, 0.1) is 10.7 Å². The average molecular weight is 301 g/mol. The van der Waals surface area contributed by atoms with Gasteiger partial charge in [0, 0.05) is 23.2 Å². The highest BCUT2D eigenvalue weighted by molar-refractivity contribution is 6.34. The standard InChI is InChI=1S/C16H13ClN2O2/c17-12-3-1-2-11(15(12)18)16(21)10-4-6-13-9(8-10)5-7-14(20)19-13/h1-4,6,8H,5,7,18H2,(H,19,20). The highest BCUT2D eigenvalue weighted by Gasteiger charge is 2.19. The number of amides is 1. The number of anilines is 2. The lowest BCUT2D eigenvalue weighted by molar-refractivity contribution is -0.116. The largest absolute Gasteiger partial charge is 0.397 e. The number of halogens is 1. The zero-order valence-corrected chi connectivity index (χ0v) is 11.9. The fraction of sp³-hybridized carbons (Fsp3) is 0.125. The molecule has 1 amide bonds. The lowest BCUT2D eigenvalue weighted by Crippen LogP contribution is -2.19. The van der Waals surface area contributed by atoms with Crippen LogP contribution in [0.3, 0.4) is 0 Å². The third kappa shape index (κ3) is 2.50. The summed E-state index contributed by atoms with van der Waals surface area (Å²) in [6.45, 7) is 0. The second-order valence-corrected chi connectivity index (χ2v) is 5.36. The first-order valence-electron chi connectivity index (χ1n) is 6.58. The van der Waals surface area contributed by atoms with Crippen molar-refractivity contribution in [1.29, 1.82) is 0 Å². The zero-order valence-electron chi connectivity index (χ0n) is 11.2. The van der Waals surface area contributed by atoms with E-state index in [4.69, 9.17) is 17.3 Å². The van der Waals surface area contributed by atoms with Gasteiger partial charge in [-0.3, -0.25) is 9.59 Å². The summed E-state index contributed by atoms with van der Waals surface area (Å²) in [4.78, 5) is 23.9. The number of hydrogen-bond donors (Lipinski definition) is 2. The molecule has 1 heterocycles. The van der Waals surface area contributed by atoms with E-state index in [1.165, 1.54) is 0 Å². The van der Waals surface area contributed by atoms with Crippen LogP contribution in [0.5, 0.6) is 0 Å². The number of carbonyl (C=O) groups excluding carboxylic acids is 2. The first-order valence-corrected chi connectivity index (χ1v) is 6.95. The number of para-hydroxylation sites is 1. The van der Waals surface area contributed by atoms with E-state index in [2.05, 4.69) is 5.32 Å². The van der Waals surface area contributed by atoms with Crippen LogP contribution in [-0.4, -0.2) is 11.7 Å². The van der Waals surface area contributed by atoms with Gasteiger partial charge in [0.15, 0.2) is 5.78 Å². The fourth-order valence-electron chi connectivity index (χ4n) is 2.42. The van der Waals surface area contributed by atoms with Gasteiger partial charge < -0.3 is 11.1 Å². The summed E-state index contributed by atoms with van der Waals surface area (Å²) in [6, 6.07) is 10.2. The molecule has 0 atom stereocenters. The zero-order chi connectivity index (χ0) is 15.0. The molecule has 0 fully saturated rings. The van der Waals surface area contributed by atoms with Crippen LogP contribution in [0.25, 0.3) is 0 Å². The number of aryl methyl sites for hydroxylation is 1. The van der Waals surface area contributed by atoms with E-state index < -0.39 is 0 Å². The van der Waals surface area contributed by atoms with Gasteiger partial charge >= 0.3 is 0 Å². The highest BCUT2D eigenvalue weighted by Crippen LogP contribution is 2.28. The minimum Gasteiger partial charge on any atom is -0.397 e. The van der Waals surface area contributed by atoms with Gasteiger partial charge in [0.25, 0.3) is 0 Å². The number of nitrogens with two attached hydrogens (primary N) is 1. The number of fused-ring (bicyclic) bond motifs is 1. The summed E-state index contributed by atoms with van der Waals surface area (Å²) < 4.78 is 0. The molecule has 2 aromatic carbocycles. The maximum Gasteiger partial charge on any atom is 0.224 e. The Kier molecular flexibility index (Phi) is 3.39. The van der Waals surface area contributed by atoms with Crippen LogP contribution >= 0.6 is 11.6 Å². The summed E-state index contributed by atoms with van der Waals surface area (Å²) >= 11 is 5.95. The van der Waals surface area contributed by atoms with E-state index >= 15 is 0 Å². The number of rotatable bonds is 2. The van der Waals surface area contributed by atoms with Crippen LogP contribution in [0, 0.1) is 0 Å². The molecule has 0 unspecified atom stereocenters. The Morgan fingerprint density at radius 3 is 2.81 bits per heavy atom. The predicted molar refractivity (Wildman–Crippen MR) is 82.7 cm³/mol. The third-order valence-corrected chi connectivity index (χ3v) is 3.89. The monoisotopic (exact) mass is 300 g/mol. The predicted octanol–water partition coefficient (Wildman–Crippen LogP) is 3.04. The van der Waals surface area contributed by atoms with Gasteiger partial charge in [-0.05, 0) is 42.3 Å². The molecule has 21 heavy (non-hydrogen) atoms. The number of hydrogen-bond acceptors (Lipinski definition) is 3. The molecule has 106 valence electrons. The maximum absolute atomic E-state index is 12.5. The molecule has 1 aliphatic rings. The van der Waals surface area contributed by atoms with Gasteiger partial charge in [0.1, 0.15) is 0 Å². The third-order valence-electron chi connectivity index (χ3n) is 3.56. The molecule has 1 aliphatic heterocycles. The van der Waals surface area contributed by atoms with E-state index in [1.54, 1.807) is 36.4 Å². The summed E-state index contributed by atoms with van der Waals surface area (Å²) in [7, 11) is 0. The lowest BCUT2D eigenvalue weighted by atomic mass is 9.96. The molecule has 0 saturated heterocycles. The van der Waals surface area contributed by atoms with Crippen molar-refractivity contribution >= 4 is 34.7 Å². The summed E-state index contributed by atoms with van der Waals surface area (Å²) in [5.41, 5.74) is 8.81. The first-order chi connectivity index (χ1) is 10.1.